The van der Waals surface area contributed by atoms with Crippen molar-refractivity contribution in [3.8, 4) is 5.75 Å². The summed E-state index contributed by atoms with van der Waals surface area (Å²) in [6.45, 7) is 2.69. The molecular weight excluding hydrogens is 278 g/mol. The van der Waals surface area contributed by atoms with Crippen molar-refractivity contribution in [2.45, 2.75) is 37.2 Å². The van der Waals surface area contributed by atoms with E-state index in [2.05, 4.69) is 4.72 Å². The second-order valence-electron chi connectivity index (χ2n) is 5.08. The Kier molecular flexibility index (Phi) is 5.01. The summed E-state index contributed by atoms with van der Waals surface area (Å²) in [4.78, 5) is 0.185. The van der Waals surface area contributed by atoms with Crippen molar-refractivity contribution in [1.29, 1.82) is 0 Å². The van der Waals surface area contributed by atoms with Gasteiger partial charge in [-0.2, -0.15) is 0 Å². The molecule has 0 spiro atoms. The van der Waals surface area contributed by atoms with Gasteiger partial charge < -0.3 is 9.84 Å². The zero-order valence-electron chi connectivity index (χ0n) is 11.6. The van der Waals surface area contributed by atoms with Crippen LogP contribution in [-0.2, 0) is 10.0 Å². The molecule has 112 valence electrons. The van der Waals surface area contributed by atoms with Crippen LogP contribution in [0.1, 0.15) is 26.2 Å². The van der Waals surface area contributed by atoms with E-state index < -0.39 is 16.1 Å². The number of nitrogens with one attached hydrogen (secondary N) is 1. The topological polar surface area (TPSA) is 75.6 Å². The van der Waals surface area contributed by atoms with E-state index in [-0.39, 0.29) is 17.4 Å². The van der Waals surface area contributed by atoms with Crippen LogP contribution in [0.3, 0.4) is 0 Å². The molecule has 1 atom stereocenters. The number of aliphatic hydroxyl groups is 1. The van der Waals surface area contributed by atoms with E-state index in [1.54, 1.807) is 12.1 Å². The molecule has 0 saturated heterocycles. The first-order valence-electron chi connectivity index (χ1n) is 6.93. The number of hydrogen-bond acceptors (Lipinski definition) is 4. The highest BCUT2D eigenvalue weighted by Crippen LogP contribution is 2.32. The van der Waals surface area contributed by atoms with Gasteiger partial charge in [-0.3, -0.25) is 0 Å². The van der Waals surface area contributed by atoms with E-state index in [0.717, 1.165) is 19.3 Å². The third-order valence-electron chi connectivity index (χ3n) is 3.26. The minimum Gasteiger partial charge on any atom is -0.494 e. The van der Waals surface area contributed by atoms with Gasteiger partial charge in [0.25, 0.3) is 0 Å². The molecule has 1 aromatic rings. The first-order chi connectivity index (χ1) is 9.53. The first-order valence-corrected chi connectivity index (χ1v) is 8.42. The van der Waals surface area contributed by atoms with Gasteiger partial charge in [-0.1, -0.05) is 6.92 Å². The average Bonchev–Trinajstić information content (AvgIpc) is 3.27. The van der Waals surface area contributed by atoms with Crippen LogP contribution in [0, 0.1) is 5.92 Å². The van der Waals surface area contributed by atoms with Gasteiger partial charge in [0, 0.05) is 6.54 Å². The van der Waals surface area contributed by atoms with Crippen molar-refractivity contribution in [3.05, 3.63) is 24.3 Å². The van der Waals surface area contributed by atoms with Crippen LogP contribution < -0.4 is 9.46 Å². The molecule has 0 aliphatic heterocycles. The average molecular weight is 299 g/mol. The maximum Gasteiger partial charge on any atom is 0.240 e. The van der Waals surface area contributed by atoms with Gasteiger partial charge in [0.15, 0.2) is 0 Å². The lowest BCUT2D eigenvalue weighted by Gasteiger charge is -2.11. The van der Waals surface area contributed by atoms with E-state index in [1.165, 1.54) is 12.1 Å². The summed E-state index contributed by atoms with van der Waals surface area (Å²) < 4.78 is 31.9. The van der Waals surface area contributed by atoms with Gasteiger partial charge in [0.05, 0.1) is 17.6 Å². The van der Waals surface area contributed by atoms with Crippen LogP contribution in [0.15, 0.2) is 29.2 Å². The summed E-state index contributed by atoms with van der Waals surface area (Å²) >= 11 is 0. The highest BCUT2D eigenvalue weighted by Gasteiger charge is 2.30. The molecule has 1 saturated carbocycles. The SMILES string of the molecule is CCCOc1ccc(S(=O)(=O)NCC(O)C2CC2)cc1. The molecule has 2 rings (SSSR count). The van der Waals surface area contributed by atoms with Crippen LogP contribution in [0.25, 0.3) is 0 Å². The van der Waals surface area contributed by atoms with E-state index in [1.807, 2.05) is 6.92 Å². The van der Waals surface area contributed by atoms with Crippen molar-refractivity contribution >= 4 is 10.0 Å². The number of sulfonamides is 1. The molecule has 1 aromatic carbocycles. The number of hydrogen-bond donors (Lipinski definition) is 2. The zero-order chi connectivity index (χ0) is 14.6. The lowest BCUT2D eigenvalue weighted by Crippen LogP contribution is -2.33. The summed E-state index contributed by atoms with van der Waals surface area (Å²) in [7, 11) is -3.56. The summed E-state index contributed by atoms with van der Waals surface area (Å²) in [5.41, 5.74) is 0. The second-order valence-corrected chi connectivity index (χ2v) is 6.84. The highest BCUT2D eigenvalue weighted by atomic mass is 32.2. The van der Waals surface area contributed by atoms with Gasteiger partial charge in [0.2, 0.25) is 10.0 Å². The Morgan fingerprint density at radius 1 is 1.35 bits per heavy atom. The third-order valence-corrected chi connectivity index (χ3v) is 4.70. The molecule has 1 fully saturated rings. The van der Waals surface area contributed by atoms with Gasteiger partial charge >= 0.3 is 0 Å². The van der Waals surface area contributed by atoms with Crippen molar-refractivity contribution in [1.82, 2.24) is 4.72 Å². The first kappa shape index (κ1) is 15.3. The molecule has 2 N–H and O–H groups in total. The third kappa shape index (κ3) is 4.19. The predicted octanol–water partition coefficient (Wildman–Crippen LogP) is 1.52. The number of aliphatic hydroxyl groups excluding tert-OH is 1. The molecule has 6 heteroatoms. The monoisotopic (exact) mass is 299 g/mol. The van der Waals surface area contributed by atoms with E-state index in [0.29, 0.717) is 12.4 Å². The largest absolute Gasteiger partial charge is 0.494 e. The molecule has 1 aliphatic carbocycles. The molecule has 20 heavy (non-hydrogen) atoms. The summed E-state index contributed by atoms with van der Waals surface area (Å²) in [5, 5.41) is 9.69. The van der Waals surface area contributed by atoms with Gasteiger partial charge in [-0.25, -0.2) is 13.1 Å². The van der Waals surface area contributed by atoms with Crippen LogP contribution in [-0.4, -0.2) is 32.8 Å². The smallest absolute Gasteiger partial charge is 0.240 e. The zero-order valence-corrected chi connectivity index (χ0v) is 12.4. The lowest BCUT2D eigenvalue weighted by molar-refractivity contribution is 0.155. The predicted molar refractivity (Wildman–Crippen MR) is 76.1 cm³/mol. The Balaban J connectivity index is 1.93. The number of ether oxygens (including phenoxy) is 1. The molecule has 1 unspecified atom stereocenters. The van der Waals surface area contributed by atoms with Crippen molar-refractivity contribution in [3.63, 3.8) is 0 Å². The molecule has 0 heterocycles. The maximum absolute atomic E-state index is 12.0. The Morgan fingerprint density at radius 3 is 2.55 bits per heavy atom. The summed E-state index contributed by atoms with van der Waals surface area (Å²) in [5.74, 6) is 0.909. The van der Waals surface area contributed by atoms with Crippen LogP contribution in [0.2, 0.25) is 0 Å². The Labute approximate surface area is 120 Å². The molecule has 0 aromatic heterocycles. The van der Waals surface area contributed by atoms with E-state index in [4.69, 9.17) is 4.74 Å². The minimum absolute atomic E-state index is 0.0705. The fourth-order valence-corrected chi connectivity index (χ4v) is 2.91. The van der Waals surface area contributed by atoms with Gasteiger partial charge in [-0.05, 0) is 49.4 Å². The van der Waals surface area contributed by atoms with Crippen LogP contribution >= 0.6 is 0 Å². The summed E-state index contributed by atoms with van der Waals surface area (Å²) in [6, 6.07) is 6.30. The Hall–Kier alpha value is -1.11. The Morgan fingerprint density at radius 2 is 2.00 bits per heavy atom. The molecule has 5 nitrogen and oxygen atoms in total. The fraction of sp³-hybridized carbons (Fsp3) is 0.571. The maximum atomic E-state index is 12.0. The lowest BCUT2D eigenvalue weighted by atomic mass is 10.2. The van der Waals surface area contributed by atoms with Gasteiger partial charge in [0.1, 0.15) is 5.75 Å². The normalized spacial score (nSPS) is 16.9. The molecule has 0 amide bonds. The molecule has 1 aliphatic rings. The van der Waals surface area contributed by atoms with Gasteiger partial charge in [-0.15, -0.1) is 0 Å². The molecule has 0 radical (unpaired) electrons. The minimum atomic E-state index is -3.56. The number of benzene rings is 1. The van der Waals surface area contributed by atoms with Crippen molar-refractivity contribution in [2.24, 2.45) is 5.92 Å². The second kappa shape index (κ2) is 6.56. The Bertz CT molecular complexity index is 523. The highest BCUT2D eigenvalue weighted by molar-refractivity contribution is 7.89. The van der Waals surface area contributed by atoms with Crippen molar-refractivity contribution < 1.29 is 18.3 Å². The van der Waals surface area contributed by atoms with E-state index >= 15 is 0 Å². The number of rotatable bonds is 8. The van der Waals surface area contributed by atoms with E-state index in [9.17, 15) is 13.5 Å². The summed E-state index contributed by atoms with van der Waals surface area (Å²) in [6.07, 6.45) is 2.27. The van der Waals surface area contributed by atoms with Crippen LogP contribution in [0.4, 0.5) is 0 Å². The molecular formula is C14H21NO4S. The quantitative estimate of drug-likeness (QED) is 0.763. The standard InChI is InChI=1S/C14H21NO4S/c1-2-9-19-12-5-7-13(8-6-12)20(17,18)15-10-14(16)11-3-4-11/h5-8,11,14-16H,2-4,9-10H2,1H3. The van der Waals surface area contributed by atoms with Crippen LogP contribution in [0.5, 0.6) is 5.75 Å². The fourth-order valence-electron chi connectivity index (χ4n) is 1.86. The molecule has 0 bridgehead atoms. The van der Waals surface area contributed by atoms with Crippen molar-refractivity contribution in [2.75, 3.05) is 13.2 Å².